The molecule has 126 valence electrons. The van der Waals surface area contributed by atoms with Gasteiger partial charge in [-0.1, -0.05) is 18.2 Å². The molecule has 1 N–H and O–H groups in total. The first-order chi connectivity index (χ1) is 11.2. The van der Waals surface area contributed by atoms with E-state index in [0.29, 0.717) is 10.1 Å². The summed E-state index contributed by atoms with van der Waals surface area (Å²) in [4.78, 5) is 12.7. The Morgan fingerprint density at radius 1 is 1.16 bits per heavy atom. The first-order valence-electron chi connectivity index (χ1n) is 6.96. The molecule has 9 heteroatoms. The second-order valence-electron chi connectivity index (χ2n) is 5.54. The third-order valence-electron chi connectivity index (χ3n) is 3.34. The summed E-state index contributed by atoms with van der Waals surface area (Å²) in [6.07, 6.45) is 0. The molecule has 0 saturated heterocycles. The number of fused-ring (bicyclic) bond motifs is 2. The average molecular weight is 388 g/mol. The number of aliphatic hydroxyl groups is 1. The molecule has 2 aromatic carbocycles. The fraction of sp³-hybridized carbons (Fsp3) is 0.188. The molecule has 0 spiro atoms. The van der Waals surface area contributed by atoms with Crippen LogP contribution in [0.15, 0.2) is 47.3 Å². The topological polar surface area (TPSA) is 104 Å². The smallest absolute Gasteiger partial charge is 0.748 e. The van der Waals surface area contributed by atoms with E-state index in [1.54, 1.807) is 24.3 Å². The van der Waals surface area contributed by atoms with Crippen LogP contribution in [-0.2, 0) is 10.1 Å². The second-order valence-corrected chi connectivity index (χ2v) is 8.02. The summed E-state index contributed by atoms with van der Waals surface area (Å²) < 4.78 is 39.4. The molecule has 0 aliphatic carbocycles. The first-order valence-corrected chi connectivity index (χ1v) is 9.35. The largest absolute Gasteiger partial charge is 1.00 e. The van der Waals surface area contributed by atoms with Crippen molar-refractivity contribution in [3.8, 4) is 5.75 Å². The van der Waals surface area contributed by atoms with E-state index in [4.69, 9.17) is 4.74 Å². The van der Waals surface area contributed by atoms with Crippen LogP contribution in [0, 0.1) is 0 Å². The molecule has 0 saturated carbocycles. The van der Waals surface area contributed by atoms with Crippen molar-refractivity contribution in [2.45, 2.75) is 12.7 Å². The molecule has 1 aromatic heterocycles. The van der Waals surface area contributed by atoms with Crippen LogP contribution in [0.25, 0.3) is 20.2 Å². The number of ether oxygens (including phenoxy) is 1. The second kappa shape index (κ2) is 7.32. The van der Waals surface area contributed by atoms with Gasteiger partial charge in [0.25, 0.3) is 0 Å². The predicted octanol–water partition coefficient (Wildman–Crippen LogP) is -0.949. The molecule has 0 radical (unpaired) electrons. The Hall–Kier alpha value is -1.000. The minimum Gasteiger partial charge on any atom is -0.748 e. The summed E-state index contributed by atoms with van der Waals surface area (Å²) in [6.45, 7) is 1.07. The summed E-state index contributed by atoms with van der Waals surface area (Å²) >= 11 is 1.38. The molecule has 0 bridgehead atoms. The Bertz CT molecular complexity index is 1090. The van der Waals surface area contributed by atoms with Gasteiger partial charge in [-0.3, -0.25) is 4.79 Å². The molecule has 3 rings (SSSR count). The minimum absolute atomic E-state index is 0. The van der Waals surface area contributed by atoms with Crippen LogP contribution in [0.1, 0.15) is 6.92 Å². The van der Waals surface area contributed by atoms with Gasteiger partial charge in [0.2, 0.25) is 5.79 Å². The normalized spacial score (nSPS) is 14.0. The Kier molecular flexibility index (Phi) is 5.95. The molecule has 6 nitrogen and oxygen atoms in total. The maximum Gasteiger partial charge on any atom is 1.00 e. The zero-order chi connectivity index (χ0) is 17.5. The predicted molar refractivity (Wildman–Crippen MR) is 91.4 cm³/mol. The Morgan fingerprint density at radius 3 is 2.48 bits per heavy atom. The number of benzene rings is 2. The van der Waals surface area contributed by atoms with Crippen LogP contribution in [0.3, 0.4) is 0 Å². The molecule has 25 heavy (non-hydrogen) atoms. The van der Waals surface area contributed by atoms with Crippen LogP contribution >= 0.6 is 11.3 Å². The SMILES string of the molecule is CC(O)(CS(=O)(=O)[O-])Oc1cccc2sc3ccccc3c(=O)c12.[Na+]. The summed E-state index contributed by atoms with van der Waals surface area (Å²) in [5, 5.41) is 10.8. The van der Waals surface area contributed by atoms with Crippen molar-refractivity contribution >= 4 is 41.6 Å². The zero-order valence-electron chi connectivity index (χ0n) is 13.6. The molecule has 0 fully saturated rings. The van der Waals surface area contributed by atoms with Crippen molar-refractivity contribution in [3.63, 3.8) is 0 Å². The summed E-state index contributed by atoms with van der Waals surface area (Å²) in [5.41, 5.74) is -0.282. The van der Waals surface area contributed by atoms with Gasteiger partial charge in [-0.2, -0.15) is 0 Å². The summed E-state index contributed by atoms with van der Waals surface area (Å²) in [5.74, 6) is -3.33. The van der Waals surface area contributed by atoms with Gasteiger partial charge in [-0.25, -0.2) is 8.42 Å². The van der Waals surface area contributed by atoms with Gasteiger partial charge in [0, 0.05) is 21.7 Å². The van der Waals surface area contributed by atoms with Crippen molar-refractivity contribution in [3.05, 3.63) is 52.7 Å². The van der Waals surface area contributed by atoms with Crippen molar-refractivity contribution in [2.75, 3.05) is 5.75 Å². The van der Waals surface area contributed by atoms with Gasteiger partial charge in [-0.05, 0) is 24.3 Å². The van der Waals surface area contributed by atoms with Gasteiger partial charge in [0.1, 0.15) is 21.6 Å². The van der Waals surface area contributed by atoms with E-state index in [1.165, 1.54) is 17.4 Å². The van der Waals surface area contributed by atoms with Crippen molar-refractivity contribution in [1.82, 2.24) is 0 Å². The fourth-order valence-electron chi connectivity index (χ4n) is 2.50. The van der Waals surface area contributed by atoms with Gasteiger partial charge < -0.3 is 14.4 Å². The van der Waals surface area contributed by atoms with Crippen LogP contribution in [0.4, 0.5) is 0 Å². The quantitative estimate of drug-likeness (QED) is 0.268. The monoisotopic (exact) mass is 388 g/mol. The van der Waals surface area contributed by atoms with Crippen LogP contribution in [0.2, 0.25) is 0 Å². The Balaban J connectivity index is 0.00000225. The zero-order valence-corrected chi connectivity index (χ0v) is 17.2. The molecule has 1 unspecified atom stereocenters. The molecule has 0 aliphatic rings. The van der Waals surface area contributed by atoms with Crippen LogP contribution in [-0.4, -0.2) is 29.6 Å². The minimum atomic E-state index is -4.70. The molecule has 0 aliphatic heterocycles. The summed E-state index contributed by atoms with van der Waals surface area (Å²) in [6, 6.07) is 11.9. The third kappa shape index (κ3) is 4.59. The van der Waals surface area contributed by atoms with E-state index in [9.17, 15) is 22.9 Å². The molecule has 3 aromatic rings. The van der Waals surface area contributed by atoms with E-state index < -0.39 is 21.7 Å². The maximum atomic E-state index is 12.7. The molecule has 1 heterocycles. The van der Waals surface area contributed by atoms with Crippen molar-refractivity contribution in [1.29, 1.82) is 0 Å². The standard InChI is InChI=1S/C16H14O6S2.Na/c1-16(18,9-24(19,20)21)22-11-6-4-8-13-14(11)15(17)10-5-2-3-7-12(10)23-13;/h2-8,18H,9H2,1H3,(H,19,20,21);/q;+1/p-1. The fourth-order valence-corrected chi connectivity index (χ4v) is 4.31. The molecule has 0 amide bonds. The van der Waals surface area contributed by atoms with Crippen LogP contribution in [0.5, 0.6) is 5.75 Å². The van der Waals surface area contributed by atoms with Gasteiger partial charge >= 0.3 is 29.6 Å². The summed E-state index contributed by atoms with van der Waals surface area (Å²) in [7, 11) is -4.70. The van der Waals surface area contributed by atoms with E-state index in [0.717, 1.165) is 11.6 Å². The van der Waals surface area contributed by atoms with E-state index in [2.05, 4.69) is 0 Å². The Labute approximate surface area is 170 Å². The number of hydrogen-bond donors (Lipinski definition) is 1. The van der Waals surface area contributed by atoms with E-state index in [-0.39, 0.29) is 46.1 Å². The van der Waals surface area contributed by atoms with Crippen LogP contribution < -0.4 is 39.7 Å². The molecule has 1 atom stereocenters. The average Bonchev–Trinajstić information content (AvgIpc) is 2.44. The van der Waals surface area contributed by atoms with Crippen molar-refractivity contribution < 1.29 is 52.4 Å². The van der Waals surface area contributed by atoms with Gasteiger partial charge in [0.15, 0.2) is 5.43 Å². The first kappa shape index (κ1) is 20.3. The van der Waals surface area contributed by atoms with E-state index in [1.807, 2.05) is 12.1 Å². The van der Waals surface area contributed by atoms with Crippen molar-refractivity contribution in [2.24, 2.45) is 0 Å². The molecular weight excluding hydrogens is 375 g/mol. The van der Waals surface area contributed by atoms with Gasteiger partial charge in [0.05, 0.1) is 5.39 Å². The third-order valence-corrected chi connectivity index (χ3v) is 5.37. The molecular formula is C16H13NaO6S2. The van der Waals surface area contributed by atoms with Gasteiger partial charge in [-0.15, -0.1) is 11.3 Å². The number of hydrogen-bond acceptors (Lipinski definition) is 7. The van der Waals surface area contributed by atoms with E-state index >= 15 is 0 Å². The maximum absolute atomic E-state index is 12.7. The Morgan fingerprint density at radius 2 is 1.80 bits per heavy atom. The number of rotatable bonds is 4.